The molecule has 33 heavy (non-hydrogen) atoms. The summed E-state index contributed by atoms with van der Waals surface area (Å²) in [6.45, 7) is 1.78. The lowest BCUT2D eigenvalue weighted by atomic mass is 9.88. The van der Waals surface area contributed by atoms with Gasteiger partial charge in [0.25, 0.3) is 11.8 Å². The molecule has 4 rings (SSSR count). The highest BCUT2D eigenvalue weighted by atomic mass is 35.5. The molecule has 2 N–H and O–H groups in total. The summed E-state index contributed by atoms with van der Waals surface area (Å²) < 4.78 is 24.7. The van der Waals surface area contributed by atoms with E-state index in [1.807, 2.05) is 0 Å². The van der Waals surface area contributed by atoms with Crippen molar-refractivity contribution in [1.82, 2.24) is 5.32 Å². The molecule has 2 aliphatic rings. The molecule has 11 heteroatoms. The van der Waals surface area contributed by atoms with E-state index in [1.54, 1.807) is 19.1 Å². The smallest absolute Gasteiger partial charge is 0.253 e. The van der Waals surface area contributed by atoms with Crippen molar-refractivity contribution in [2.45, 2.75) is 42.0 Å². The average molecular weight is 557 g/mol. The highest BCUT2D eigenvalue weighted by molar-refractivity contribution is 6.53. The Bertz CT molecular complexity index is 1130. The molecule has 0 unspecified atom stereocenters. The van der Waals surface area contributed by atoms with Gasteiger partial charge in [-0.05, 0) is 42.3 Å². The van der Waals surface area contributed by atoms with Crippen molar-refractivity contribution in [1.29, 1.82) is 0 Å². The molecule has 2 atom stereocenters. The number of nitrogens with one attached hydrogen (secondary N) is 2. The Hall–Kier alpha value is -1.31. The van der Waals surface area contributed by atoms with Gasteiger partial charge >= 0.3 is 0 Å². The largest absolute Gasteiger partial charge is 0.349 e. The van der Waals surface area contributed by atoms with Crippen LogP contribution in [0.5, 0.6) is 0 Å². The van der Waals surface area contributed by atoms with Gasteiger partial charge in [0, 0.05) is 30.5 Å². The maximum Gasteiger partial charge on any atom is 0.253 e. The fraction of sp³-hybridized carbons (Fsp3) is 0.364. The van der Waals surface area contributed by atoms with Gasteiger partial charge in [-0.25, -0.2) is 8.78 Å². The normalized spacial score (nSPS) is 22.9. The molecule has 0 aliphatic heterocycles. The van der Waals surface area contributed by atoms with Gasteiger partial charge < -0.3 is 10.6 Å². The SMILES string of the molecule is Cc1cc([C@@H]2[C@@H](C(=O)Nc3ccc(Cl)c(C(=O)NC4CC(F)(F)C4)c3)C2(Cl)Cl)cc(Cl)c1Cl. The van der Waals surface area contributed by atoms with E-state index in [0.717, 1.165) is 5.56 Å². The standard InChI is InChI=1S/C22H17Cl5F2N2O2/c1-9-4-10(5-15(24)18(9)25)16-17(22(16,26)27)20(33)30-11-2-3-14(23)13(6-11)19(32)31-12-7-21(28,29)8-12/h2-6,12,16-17H,7-8H2,1H3,(H,30,33)(H,31,32)/t16-,17+/m1/s1. The lowest BCUT2D eigenvalue weighted by Crippen LogP contribution is -2.50. The number of hydrogen-bond acceptors (Lipinski definition) is 2. The Morgan fingerprint density at radius 3 is 2.30 bits per heavy atom. The number of carbonyl (C=O) groups is 2. The van der Waals surface area contributed by atoms with Crippen LogP contribution in [-0.4, -0.2) is 28.1 Å². The van der Waals surface area contributed by atoms with Gasteiger partial charge in [0.2, 0.25) is 5.91 Å². The number of amides is 2. The summed E-state index contributed by atoms with van der Waals surface area (Å²) in [5.41, 5.74) is 1.75. The molecule has 0 radical (unpaired) electrons. The Morgan fingerprint density at radius 2 is 1.70 bits per heavy atom. The van der Waals surface area contributed by atoms with Gasteiger partial charge in [0.1, 0.15) is 4.33 Å². The summed E-state index contributed by atoms with van der Waals surface area (Å²) in [5, 5.41) is 6.08. The number of halogens is 7. The first-order chi connectivity index (χ1) is 15.3. The van der Waals surface area contributed by atoms with Crippen molar-refractivity contribution >= 4 is 75.5 Å². The Kier molecular flexibility index (Phi) is 6.56. The molecule has 2 aromatic carbocycles. The van der Waals surface area contributed by atoms with Crippen LogP contribution in [0, 0.1) is 12.8 Å². The summed E-state index contributed by atoms with van der Waals surface area (Å²) in [6.07, 6.45) is -0.838. The van der Waals surface area contributed by atoms with Gasteiger partial charge in [0.05, 0.1) is 26.5 Å². The molecule has 0 aromatic heterocycles. The van der Waals surface area contributed by atoms with Crippen LogP contribution in [0.25, 0.3) is 0 Å². The molecule has 0 saturated heterocycles. The van der Waals surface area contributed by atoms with Gasteiger partial charge in [0.15, 0.2) is 0 Å². The number of aryl methyl sites for hydroxylation is 1. The molecule has 0 heterocycles. The van der Waals surface area contributed by atoms with Gasteiger partial charge in [-0.15, -0.1) is 23.2 Å². The summed E-state index contributed by atoms with van der Waals surface area (Å²) in [7, 11) is 0. The predicted molar refractivity (Wildman–Crippen MR) is 127 cm³/mol. The van der Waals surface area contributed by atoms with Crippen LogP contribution in [-0.2, 0) is 4.79 Å². The first kappa shape index (κ1) is 24.8. The number of benzene rings is 2. The molecule has 0 spiro atoms. The summed E-state index contributed by atoms with van der Waals surface area (Å²) in [5.74, 6) is -5.11. The summed E-state index contributed by atoms with van der Waals surface area (Å²) in [6, 6.07) is 7.10. The highest BCUT2D eigenvalue weighted by Gasteiger charge is 2.67. The molecule has 2 amide bonds. The third-order valence-electron chi connectivity index (χ3n) is 5.83. The molecule has 0 bridgehead atoms. The summed E-state index contributed by atoms with van der Waals surface area (Å²) in [4.78, 5) is 25.4. The van der Waals surface area contributed by atoms with Crippen LogP contribution in [0.15, 0.2) is 30.3 Å². The van der Waals surface area contributed by atoms with Crippen LogP contribution in [0.1, 0.15) is 40.2 Å². The minimum absolute atomic E-state index is 0.0557. The Morgan fingerprint density at radius 1 is 1.03 bits per heavy atom. The third-order valence-corrected chi connectivity index (χ3v) is 8.00. The van der Waals surface area contributed by atoms with E-state index in [-0.39, 0.29) is 16.3 Å². The second-order valence-corrected chi connectivity index (χ2v) is 11.0. The predicted octanol–water partition coefficient (Wildman–Crippen LogP) is 7.01. The third kappa shape index (κ3) is 4.92. The monoisotopic (exact) mass is 554 g/mol. The Balaban J connectivity index is 1.47. The lowest BCUT2D eigenvalue weighted by Gasteiger charge is -2.35. The maximum atomic E-state index is 13.0. The Labute approximate surface area is 213 Å². The van der Waals surface area contributed by atoms with E-state index < -0.39 is 52.8 Å². The zero-order valence-corrected chi connectivity index (χ0v) is 20.8. The molecule has 2 aromatic rings. The number of alkyl halides is 4. The molecule has 4 nitrogen and oxygen atoms in total. The zero-order valence-electron chi connectivity index (χ0n) is 17.0. The summed E-state index contributed by atoms with van der Waals surface area (Å²) >= 11 is 31.2. The number of rotatable bonds is 5. The van der Waals surface area contributed by atoms with Crippen molar-refractivity contribution in [3.63, 3.8) is 0 Å². The van der Waals surface area contributed by atoms with E-state index >= 15 is 0 Å². The van der Waals surface area contributed by atoms with Crippen molar-refractivity contribution in [3.05, 3.63) is 62.1 Å². The number of hydrogen-bond donors (Lipinski definition) is 2. The molecule has 176 valence electrons. The van der Waals surface area contributed by atoms with Crippen molar-refractivity contribution in [2.24, 2.45) is 5.92 Å². The van der Waals surface area contributed by atoms with Crippen LogP contribution in [0.2, 0.25) is 15.1 Å². The minimum atomic E-state index is -2.76. The van der Waals surface area contributed by atoms with Crippen molar-refractivity contribution < 1.29 is 18.4 Å². The lowest BCUT2D eigenvalue weighted by molar-refractivity contribution is -0.117. The van der Waals surface area contributed by atoms with E-state index in [9.17, 15) is 18.4 Å². The quantitative estimate of drug-likeness (QED) is 0.390. The minimum Gasteiger partial charge on any atom is -0.349 e. The van der Waals surface area contributed by atoms with E-state index in [1.165, 1.54) is 18.2 Å². The first-order valence-corrected chi connectivity index (χ1v) is 11.8. The van der Waals surface area contributed by atoms with Crippen LogP contribution >= 0.6 is 58.0 Å². The van der Waals surface area contributed by atoms with Gasteiger partial charge in [-0.3, -0.25) is 9.59 Å². The van der Waals surface area contributed by atoms with Crippen LogP contribution < -0.4 is 10.6 Å². The fourth-order valence-electron chi connectivity index (χ4n) is 4.02. The van der Waals surface area contributed by atoms with Crippen LogP contribution in [0.3, 0.4) is 0 Å². The van der Waals surface area contributed by atoms with Crippen molar-refractivity contribution in [2.75, 3.05) is 5.32 Å². The molecular weight excluding hydrogens is 540 g/mol. The molecular formula is C22H17Cl5F2N2O2. The molecule has 2 aliphatic carbocycles. The molecule has 2 fully saturated rings. The number of carbonyl (C=O) groups excluding carboxylic acids is 2. The number of anilines is 1. The fourth-order valence-corrected chi connectivity index (χ4v) is 5.44. The molecule has 2 saturated carbocycles. The maximum absolute atomic E-state index is 13.0. The zero-order chi connectivity index (χ0) is 24.3. The van der Waals surface area contributed by atoms with Gasteiger partial charge in [-0.2, -0.15) is 0 Å². The van der Waals surface area contributed by atoms with E-state index in [2.05, 4.69) is 10.6 Å². The second kappa shape index (κ2) is 8.72. The first-order valence-electron chi connectivity index (χ1n) is 9.92. The van der Waals surface area contributed by atoms with Gasteiger partial charge in [-0.1, -0.05) is 40.9 Å². The van der Waals surface area contributed by atoms with E-state index in [4.69, 9.17) is 58.0 Å². The van der Waals surface area contributed by atoms with Crippen molar-refractivity contribution in [3.8, 4) is 0 Å². The van der Waals surface area contributed by atoms with Crippen LogP contribution in [0.4, 0.5) is 14.5 Å². The van der Waals surface area contributed by atoms with E-state index in [0.29, 0.717) is 15.6 Å². The average Bonchev–Trinajstić information content (AvgIpc) is 3.27. The second-order valence-electron chi connectivity index (χ2n) is 8.38. The topological polar surface area (TPSA) is 58.2 Å². The highest BCUT2D eigenvalue weighted by Crippen LogP contribution is 2.65.